The van der Waals surface area contributed by atoms with Crippen molar-refractivity contribution in [3.8, 4) is 5.88 Å². The largest absolute Gasteiger partial charge is 0.462 e. The van der Waals surface area contributed by atoms with E-state index in [1.54, 1.807) is 30.3 Å². The summed E-state index contributed by atoms with van der Waals surface area (Å²) in [5.74, 6) is -1.39. The molecule has 0 radical (unpaired) electrons. The molecule has 0 amide bonds. The monoisotopic (exact) mass is 472 g/mol. The molecule has 0 unspecified atom stereocenters. The lowest BCUT2D eigenvalue weighted by Gasteiger charge is -2.05. The van der Waals surface area contributed by atoms with Crippen LogP contribution in [0.3, 0.4) is 0 Å². The van der Waals surface area contributed by atoms with Gasteiger partial charge in [0.15, 0.2) is 0 Å². The third-order valence-corrected chi connectivity index (χ3v) is 6.20. The normalized spacial score (nSPS) is 11.4. The maximum Gasteiger partial charge on any atom is 0.414 e. The molecule has 0 N–H and O–H groups in total. The molecule has 4 aromatic rings. The number of carbonyl (C=O) groups excluding carboxylic acids is 1. The van der Waals surface area contributed by atoms with Crippen molar-refractivity contribution in [1.82, 2.24) is 5.16 Å². The van der Waals surface area contributed by atoms with E-state index in [-0.39, 0.29) is 35.0 Å². The first-order valence-electron chi connectivity index (χ1n) is 9.60. The molecule has 11 nitrogen and oxygen atoms in total. The van der Waals surface area contributed by atoms with Crippen LogP contribution >= 0.6 is 0 Å². The quantitative estimate of drug-likeness (QED) is 0.161. The van der Waals surface area contributed by atoms with Crippen molar-refractivity contribution in [1.29, 1.82) is 0 Å². The zero-order chi connectivity index (χ0) is 23.4. The van der Waals surface area contributed by atoms with Gasteiger partial charge in [0, 0.05) is 11.8 Å². The van der Waals surface area contributed by atoms with Crippen LogP contribution in [0.4, 0.5) is 0 Å². The molecule has 170 valence electrons. The first-order chi connectivity index (χ1) is 15.9. The topological polar surface area (TPSA) is 153 Å². The second kappa shape index (κ2) is 9.12. The molecule has 0 bridgehead atoms. The molecule has 2 aromatic heterocycles. The number of benzene rings is 2. The summed E-state index contributed by atoms with van der Waals surface area (Å²) < 4.78 is 45.2. The summed E-state index contributed by atoms with van der Waals surface area (Å²) in [6.45, 7) is -0.301. The van der Waals surface area contributed by atoms with Crippen molar-refractivity contribution in [2.75, 3.05) is 13.2 Å². The molecular formula is C21H16N2O9S. The highest BCUT2D eigenvalue weighted by Gasteiger charge is 2.35. The van der Waals surface area contributed by atoms with E-state index >= 15 is 0 Å². The minimum absolute atomic E-state index is 0.112. The fourth-order valence-electron chi connectivity index (χ4n) is 2.92. The third-order valence-electron chi connectivity index (χ3n) is 4.48. The molecule has 0 aliphatic rings. The number of carbonyl (C=O) groups is 1. The van der Waals surface area contributed by atoms with Gasteiger partial charge in [-0.2, -0.15) is 0 Å². The summed E-state index contributed by atoms with van der Waals surface area (Å²) >= 11 is 0. The minimum atomic E-state index is -4.23. The second-order valence-electron chi connectivity index (χ2n) is 6.68. The summed E-state index contributed by atoms with van der Waals surface area (Å²) in [6.07, 6.45) is 0.112. The van der Waals surface area contributed by atoms with Crippen LogP contribution in [0, 0.1) is 5.21 Å². The van der Waals surface area contributed by atoms with E-state index in [9.17, 15) is 23.2 Å². The Morgan fingerprint density at radius 1 is 1.06 bits per heavy atom. The number of sulfone groups is 1. The Balaban J connectivity index is 1.37. The van der Waals surface area contributed by atoms with E-state index < -0.39 is 32.3 Å². The highest BCUT2D eigenvalue weighted by Crippen LogP contribution is 2.25. The van der Waals surface area contributed by atoms with Gasteiger partial charge in [0.1, 0.15) is 11.1 Å². The predicted molar refractivity (Wildman–Crippen MR) is 110 cm³/mol. The number of fused-ring (bicyclic) bond motifs is 1. The summed E-state index contributed by atoms with van der Waals surface area (Å²) in [7, 11) is -4.23. The van der Waals surface area contributed by atoms with Gasteiger partial charge in [-0.1, -0.05) is 36.4 Å². The number of esters is 1. The fourth-order valence-corrected chi connectivity index (χ4v) is 4.21. The highest BCUT2D eigenvalue weighted by atomic mass is 32.2. The average Bonchev–Trinajstić information content (AvgIpc) is 3.19. The van der Waals surface area contributed by atoms with E-state index in [0.29, 0.717) is 11.0 Å². The number of aromatic nitrogens is 2. The molecule has 12 heteroatoms. The van der Waals surface area contributed by atoms with Gasteiger partial charge in [-0.15, -0.1) is 0 Å². The molecule has 2 heterocycles. The van der Waals surface area contributed by atoms with Gasteiger partial charge in [-0.3, -0.25) is 4.63 Å². The van der Waals surface area contributed by atoms with Crippen molar-refractivity contribution < 1.29 is 36.6 Å². The molecular weight excluding hydrogens is 456 g/mol. The second-order valence-corrected chi connectivity index (χ2v) is 8.55. The summed E-state index contributed by atoms with van der Waals surface area (Å²) in [4.78, 5) is 23.8. The lowest BCUT2D eigenvalue weighted by molar-refractivity contribution is -0.832. The molecule has 0 atom stereocenters. The Hall–Kier alpha value is -4.19. The van der Waals surface area contributed by atoms with E-state index in [0.717, 1.165) is 0 Å². The lowest BCUT2D eigenvalue weighted by atomic mass is 10.2. The van der Waals surface area contributed by atoms with Gasteiger partial charge < -0.3 is 19.1 Å². The smallest absolute Gasteiger partial charge is 0.414 e. The number of nitrogens with zero attached hydrogens (tertiary/aromatic N) is 2. The van der Waals surface area contributed by atoms with Crippen LogP contribution in [0.2, 0.25) is 0 Å². The molecule has 0 saturated carbocycles. The Morgan fingerprint density at radius 2 is 1.79 bits per heavy atom. The molecule has 2 aromatic carbocycles. The van der Waals surface area contributed by atoms with Crippen LogP contribution < -0.4 is 15.3 Å². The maximum absolute atomic E-state index is 12.7. The highest BCUT2D eigenvalue weighted by molar-refractivity contribution is 7.91. The molecule has 0 aliphatic carbocycles. The van der Waals surface area contributed by atoms with Crippen molar-refractivity contribution >= 4 is 26.8 Å². The van der Waals surface area contributed by atoms with Gasteiger partial charge in [0.2, 0.25) is 0 Å². The predicted octanol–water partition coefficient (Wildman–Crippen LogP) is 1.87. The Morgan fingerprint density at radius 3 is 2.58 bits per heavy atom. The van der Waals surface area contributed by atoms with Gasteiger partial charge in [-0.25, -0.2) is 18.0 Å². The average molecular weight is 472 g/mol. The van der Waals surface area contributed by atoms with Crippen molar-refractivity contribution in [2.45, 2.75) is 16.3 Å². The molecule has 4 rings (SSSR count). The number of hydrogen-bond donors (Lipinski definition) is 0. The Labute approximate surface area is 186 Å². The number of ether oxygens (including phenoxy) is 2. The van der Waals surface area contributed by atoms with Crippen molar-refractivity contribution in [3.05, 3.63) is 81.9 Å². The van der Waals surface area contributed by atoms with Crippen LogP contribution in [0.1, 0.15) is 16.8 Å². The standard InChI is InChI=1S/C21H16N2O9S/c24-20(16-13-14-7-4-5-10-17(14)31-21(16)25)30-12-6-11-29-18-19(23(26)32-22-18)33(27,28)15-8-2-1-3-9-15/h1-5,7-10,13H,6,11-12H2. The van der Waals surface area contributed by atoms with Crippen LogP contribution in [0.5, 0.6) is 5.88 Å². The number of hydrogen-bond acceptors (Lipinski definition) is 10. The van der Waals surface area contributed by atoms with Gasteiger partial charge in [0.05, 0.1) is 23.3 Å². The zero-order valence-corrected chi connectivity index (χ0v) is 17.7. The summed E-state index contributed by atoms with van der Waals surface area (Å²) in [5, 5.41) is 15.0. The first-order valence-corrected chi connectivity index (χ1v) is 11.1. The molecule has 0 fully saturated rings. The fraction of sp³-hybridized carbons (Fsp3) is 0.143. The van der Waals surface area contributed by atoms with Crippen molar-refractivity contribution in [2.24, 2.45) is 0 Å². The van der Waals surface area contributed by atoms with Crippen LogP contribution in [0.25, 0.3) is 11.0 Å². The van der Waals surface area contributed by atoms with E-state index in [1.807, 2.05) is 0 Å². The van der Waals surface area contributed by atoms with Crippen molar-refractivity contribution in [3.63, 3.8) is 0 Å². The number of rotatable bonds is 8. The lowest BCUT2D eigenvalue weighted by Crippen LogP contribution is -2.31. The van der Waals surface area contributed by atoms with Crippen LogP contribution in [-0.4, -0.2) is 32.8 Å². The zero-order valence-electron chi connectivity index (χ0n) is 16.9. The molecule has 0 aliphatic heterocycles. The van der Waals surface area contributed by atoms with Gasteiger partial charge >= 0.3 is 22.5 Å². The molecule has 0 spiro atoms. The first kappa shape index (κ1) is 22.0. The van der Waals surface area contributed by atoms with E-state index in [1.165, 1.54) is 30.3 Å². The van der Waals surface area contributed by atoms with Crippen LogP contribution in [0.15, 0.2) is 84.4 Å². The SMILES string of the molecule is O=C(OCCCOc1no[n+]([O-])c1S(=O)(=O)c1ccccc1)c1cc2ccccc2oc1=O. The van der Waals surface area contributed by atoms with Crippen LogP contribution in [-0.2, 0) is 14.6 Å². The van der Waals surface area contributed by atoms with Gasteiger partial charge in [-0.05, 0) is 29.2 Å². The number of para-hydroxylation sites is 1. The summed E-state index contributed by atoms with van der Waals surface area (Å²) in [5.41, 5.74) is -0.736. The summed E-state index contributed by atoms with van der Waals surface area (Å²) in [6, 6.07) is 15.3. The molecule has 0 saturated heterocycles. The van der Waals surface area contributed by atoms with E-state index in [4.69, 9.17) is 13.9 Å². The van der Waals surface area contributed by atoms with E-state index in [2.05, 4.69) is 9.79 Å². The Kier molecular flexibility index (Phi) is 6.09. The minimum Gasteiger partial charge on any atom is -0.462 e. The third kappa shape index (κ3) is 4.55. The molecule has 33 heavy (non-hydrogen) atoms. The maximum atomic E-state index is 12.7. The van der Waals surface area contributed by atoms with Gasteiger partial charge in [0.25, 0.3) is 9.84 Å². The Bertz CT molecular complexity index is 1460.